The van der Waals surface area contributed by atoms with Crippen LogP contribution in [0.25, 0.3) is 0 Å². The average molecular weight is 318 g/mol. The van der Waals surface area contributed by atoms with Crippen molar-refractivity contribution in [3.05, 3.63) is 20.8 Å². The maximum absolute atomic E-state index is 5.78. The van der Waals surface area contributed by atoms with Gasteiger partial charge in [0.25, 0.3) is 0 Å². The minimum atomic E-state index is 0.291. The molecule has 94 valence electrons. The lowest BCUT2D eigenvalue weighted by Crippen LogP contribution is -2.37. The zero-order valence-electron chi connectivity index (χ0n) is 9.49. The topological polar surface area (TPSA) is 59.6 Å². The van der Waals surface area contributed by atoms with Crippen LogP contribution >= 0.6 is 27.3 Å². The van der Waals surface area contributed by atoms with Crippen molar-refractivity contribution in [1.29, 1.82) is 0 Å². The number of nitrogens with zero attached hydrogens (tertiary/aromatic N) is 1. The summed E-state index contributed by atoms with van der Waals surface area (Å²) in [4.78, 5) is 4.28. The van der Waals surface area contributed by atoms with E-state index in [0.717, 1.165) is 29.8 Å². The zero-order valence-corrected chi connectivity index (χ0v) is 11.9. The Bertz CT molecular complexity index is 388. The molecular formula is C11H16BrN3OS. The van der Waals surface area contributed by atoms with Crippen LogP contribution in [0, 0.1) is 0 Å². The molecule has 1 unspecified atom stereocenters. The molecule has 0 bridgehead atoms. The number of nitrogens with one attached hydrogen (secondary N) is 1. The van der Waals surface area contributed by atoms with Crippen molar-refractivity contribution in [2.45, 2.75) is 25.5 Å². The number of rotatable bonds is 4. The van der Waals surface area contributed by atoms with E-state index in [0.29, 0.717) is 18.6 Å². The third-order valence-corrected chi connectivity index (χ3v) is 4.14. The molecule has 17 heavy (non-hydrogen) atoms. The van der Waals surface area contributed by atoms with Gasteiger partial charge < -0.3 is 15.8 Å². The second-order valence-corrected chi connectivity index (χ2v) is 6.27. The highest BCUT2D eigenvalue weighted by atomic mass is 79.9. The van der Waals surface area contributed by atoms with E-state index >= 15 is 0 Å². The predicted octanol–water partition coefficient (Wildman–Crippen LogP) is 2.09. The third-order valence-electron chi connectivity index (χ3n) is 2.59. The molecule has 1 aromatic heterocycles. The fraction of sp³-hybridized carbons (Fsp3) is 0.545. The van der Waals surface area contributed by atoms with Gasteiger partial charge in [0.1, 0.15) is 0 Å². The summed E-state index contributed by atoms with van der Waals surface area (Å²) in [5.41, 5.74) is 6.95. The molecule has 0 aliphatic carbocycles. The first-order valence-electron chi connectivity index (χ1n) is 5.62. The number of guanidine groups is 1. The van der Waals surface area contributed by atoms with E-state index in [1.54, 1.807) is 11.3 Å². The van der Waals surface area contributed by atoms with Gasteiger partial charge in [-0.15, -0.1) is 11.3 Å². The molecule has 1 fully saturated rings. The predicted molar refractivity (Wildman–Crippen MR) is 74.3 cm³/mol. The average Bonchev–Trinajstić information content (AvgIpc) is 2.95. The normalized spacial score (nSPS) is 20.8. The Kier molecular flexibility index (Phi) is 4.82. The molecule has 6 heteroatoms. The maximum atomic E-state index is 5.78. The zero-order chi connectivity index (χ0) is 12.1. The monoisotopic (exact) mass is 317 g/mol. The summed E-state index contributed by atoms with van der Waals surface area (Å²) >= 11 is 5.08. The standard InChI is InChI=1S/C11H16BrN3OS/c12-10-4-8(7-17-10)5-14-11(13)15-6-9-2-1-3-16-9/h4,7,9H,1-3,5-6H2,(H3,13,14,15). The Hall–Kier alpha value is -0.590. The van der Waals surface area contributed by atoms with Gasteiger partial charge >= 0.3 is 0 Å². The molecule has 2 heterocycles. The highest BCUT2D eigenvalue weighted by Crippen LogP contribution is 2.20. The highest BCUT2D eigenvalue weighted by Gasteiger charge is 2.14. The summed E-state index contributed by atoms with van der Waals surface area (Å²) in [5, 5.41) is 5.17. The number of hydrogen-bond acceptors (Lipinski definition) is 3. The van der Waals surface area contributed by atoms with Crippen molar-refractivity contribution in [3.8, 4) is 0 Å². The van der Waals surface area contributed by atoms with Gasteiger partial charge in [0.05, 0.1) is 16.4 Å². The van der Waals surface area contributed by atoms with Gasteiger partial charge in [-0.3, -0.25) is 0 Å². The van der Waals surface area contributed by atoms with Crippen molar-refractivity contribution in [3.63, 3.8) is 0 Å². The van der Waals surface area contributed by atoms with E-state index in [-0.39, 0.29) is 0 Å². The van der Waals surface area contributed by atoms with Gasteiger partial charge in [-0.05, 0) is 45.8 Å². The molecule has 0 aromatic carbocycles. The lowest BCUT2D eigenvalue weighted by molar-refractivity contribution is 0.114. The molecule has 1 aromatic rings. The number of hydrogen-bond donors (Lipinski definition) is 2. The van der Waals surface area contributed by atoms with Crippen LogP contribution < -0.4 is 11.1 Å². The molecule has 1 aliphatic rings. The van der Waals surface area contributed by atoms with Crippen LogP contribution in [0.5, 0.6) is 0 Å². The summed E-state index contributed by atoms with van der Waals surface area (Å²) in [7, 11) is 0. The van der Waals surface area contributed by atoms with Crippen molar-refractivity contribution in [2.24, 2.45) is 10.7 Å². The van der Waals surface area contributed by atoms with Crippen LogP contribution in [0.4, 0.5) is 0 Å². The van der Waals surface area contributed by atoms with Crippen molar-refractivity contribution in [2.75, 3.05) is 13.2 Å². The van der Waals surface area contributed by atoms with Crippen molar-refractivity contribution < 1.29 is 4.74 Å². The van der Waals surface area contributed by atoms with Gasteiger partial charge in [-0.25, -0.2) is 4.99 Å². The van der Waals surface area contributed by atoms with Gasteiger partial charge in [0.2, 0.25) is 0 Å². The van der Waals surface area contributed by atoms with Crippen LogP contribution in [-0.2, 0) is 11.3 Å². The fourth-order valence-corrected chi connectivity index (χ4v) is 2.89. The first kappa shape index (κ1) is 12.9. The lowest BCUT2D eigenvalue weighted by atomic mass is 10.2. The molecular weight excluding hydrogens is 302 g/mol. The molecule has 0 amide bonds. The van der Waals surface area contributed by atoms with Crippen LogP contribution in [-0.4, -0.2) is 25.2 Å². The number of halogens is 1. The largest absolute Gasteiger partial charge is 0.376 e. The van der Waals surface area contributed by atoms with E-state index in [1.807, 2.05) is 0 Å². The first-order valence-corrected chi connectivity index (χ1v) is 7.29. The Morgan fingerprint density at radius 1 is 1.71 bits per heavy atom. The molecule has 3 N–H and O–H groups in total. The second-order valence-electron chi connectivity index (χ2n) is 3.98. The van der Waals surface area contributed by atoms with E-state index in [1.165, 1.54) is 5.56 Å². The summed E-state index contributed by atoms with van der Waals surface area (Å²) in [5.74, 6) is 0.489. The van der Waals surface area contributed by atoms with Crippen LogP contribution in [0.1, 0.15) is 18.4 Å². The first-order chi connectivity index (χ1) is 8.24. The Morgan fingerprint density at radius 3 is 3.24 bits per heavy atom. The van der Waals surface area contributed by atoms with E-state index in [9.17, 15) is 0 Å². The molecule has 1 aliphatic heterocycles. The fourth-order valence-electron chi connectivity index (χ4n) is 1.68. The maximum Gasteiger partial charge on any atom is 0.189 e. The number of aliphatic imine (C=N–C) groups is 1. The molecule has 0 saturated carbocycles. The minimum absolute atomic E-state index is 0.291. The minimum Gasteiger partial charge on any atom is -0.376 e. The number of thiophene rings is 1. The van der Waals surface area contributed by atoms with E-state index in [2.05, 4.69) is 37.7 Å². The summed E-state index contributed by atoms with van der Waals surface area (Å²) in [6.07, 6.45) is 2.54. The van der Waals surface area contributed by atoms with E-state index in [4.69, 9.17) is 10.5 Å². The summed E-state index contributed by atoms with van der Waals surface area (Å²) in [6, 6.07) is 2.06. The van der Waals surface area contributed by atoms with Gasteiger partial charge in [-0.1, -0.05) is 0 Å². The molecule has 1 saturated heterocycles. The molecule has 0 radical (unpaired) electrons. The third kappa shape index (κ3) is 4.29. The number of ether oxygens (including phenoxy) is 1. The summed E-state index contributed by atoms with van der Waals surface area (Å²) < 4.78 is 6.61. The smallest absolute Gasteiger partial charge is 0.189 e. The van der Waals surface area contributed by atoms with Crippen molar-refractivity contribution >= 4 is 33.2 Å². The van der Waals surface area contributed by atoms with Gasteiger partial charge in [0.15, 0.2) is 5.96 Å². The Morgan fingerprint density at radius 2 is 2.59 bits per heavy atom. The molecule has 1 atom stereocenters. The van der Waals surface area contributed by atoms with Crippen LogP contribution in [0.3, 0.4) is 0 Å². The van der Waals surface area contributed by atoms with Gasteiger partial charge in [-0.2, -0.15) is 0 Å². The lowest BCUT2D eigenvalue weighted by Gasteiger charge is -2.10. The molecule has 4 nitrogen and oxygen atoms in total. The van der Waals surface area contributed by atoms with Gasteiger partial charge in [0, 0.05) is 13.2 Å². The summed E-state index contributed by atoms with van der Waals surface area (Å²) in [6.45, 7) is 2.24. The van der Waals surface area contributed by atoms with Crippen LogP contribution in [0.2, 0.25) is 0 Å². The molecule has 2 rings (SSSR count). The second kappa shape index (κ2) is 6.37. The molecule has 0 spiro atoms. The van der Waals surface area contributed by atoms with E-state index < -0.39 is 0 Å². The SMILES string of the molecule is NC(=NCc1csc(Br)c1)NCC1CCCO1. The highest BCUT2D eigenvalue weighted by molar-refractivity contribution is 9.11. The Labute approximate surface area is 113 Å². The quantitative estimate of drug-likeness (QED) is 0.660. The number of nitrogens with two attached hydrogens (primary N) is 1. The Balaban J connectivity index is 1.73. The van der Waals surface area contributed by atoms with Crippen LogP contribution in [0.15, 0.2) is 20.2 Å². The van der Waals surface area contributed by atoms with Crippen molar-refractivity contribution in [1.82, 2.24) is 5.32 Å².